The Labute approximate surface area is 195 Å². The normalized spacial score (nSPS) is 16.7. The molecule has 4 aromatic rings. The molecule has 2 N–H and O–H groups in total. The molecule has 1 aliphatic heterocycles. The van der Waals surface area contributed by atoms with Gasteiger partial charge in [-0.05, 0) is 62.9 Å². The van der Waals surface area contributed by atoms with Crippen LogP contribution in [0.4, 0.5) is 16.0 Å². The number of hydrogen-bond donors (Lipinski definition) is 2. The maximum Gasteiger partial charge on any atom is 0.323 e. The molecule has 0 spiro atoms. The Morgan fingerprint density at radius 2 is 2.12 bits per heavy atom. The highest BCUT2D eigenvalue weighted by atomic mass is 19.1. The van der Waals surface area contributed by atoms with Crippen LogP contribution in [0.3, 0.4) is 0 Å². The molecule has 10 heteroatoms. The molecular weight excluding hydrogens is 437 g/mol. The Bertz CT molecular complexity index is 1450. The summed E-state index contributed by atoms with van der Waals surface area (Å²) in [6.45, 7) is 5.14. The quantitative estimate of drug-likeness (QED) is 0.451. The molecule has 1 aliphatic carbocycles. The van der Waals surface area contributed by atoms with Crippen LogP contribution in [-0.4, -0.2) is 37.5 Å². The molecule has 1 saturated carbocycles. The zero-order chi connectivity index (χ0) is 23.4. The van der Waals surface area contributed by atoms with Gasteiger partial charge in [-0.2, -0.15) is 14.6 Å². The summed E-state index contributed by atoms with van der Waals surface area (Å²) in [5, 5.41) is 7.00. The van der Waals surface area contributed by atoms with E-state index in [0.29, 0.717) is 22.7 Å². The lowest BCUT2D eigenvalue weighted by Crippen LogP contribution is -2.24. The van der Waals surface area contributed by atoms with E-state index in [0.717, 1.165) is 38.0 Å². The van der Waals surface area contributed by atoms with Gasteiger partial charge >= 0.3 is 6.01 Å². The van der Waals surface area contributed by atoms with E-state index in [1.54, 1.807) is 9.36 Å². The van der Waals surface area contributed by atoms with Gasteiger partial charge in [0.2, 0.25) is 5.95 Å². The monoisotopic (exact) mass is 463 g/mol. The first-order valence-electron chi connectivity index (χ1n) is 11.6. The maximum atomic E-state index is 13.6. The van der Waals surface area contributed by atoms with Crippen LogP contribution in [0.2, 0.25) is 0 Å². The van der Waals surface area contributed by atoms with Gasteiger partial charge in [0.15, 0.2) is 5.65 Å². The fraction of sp³-hybridized carbons (Fsp3) is 0.417. The molecule has 176 valence electrons. The Morgan fingerprint density at radius 3 is 2.88 bits per heavy atom. The van der Waals surface area contributed by atoms with E-state index in [9.17, 15) is 9.18 Å². The average molecular weight is 464 g/mol. The van der Waals surface area contributed by atoms with Gasteiger partial charge in [-0.1, -0.05) is 6.07 Å². The van der Waals surface area contributed by atoms with Crippen molar-refractivity contribution in [3.63, 3.8) is 0 Å². The molecule has 0 amide bonds. The maximum absolute atomic E-state index is 13.6. The van der Waals surface area contributed by atoms with E-state index in [4.69, 9.17) is 4.42 Å². The lowest BCUT2D eigenvalue weighted by Gasteiger charge is -2.18. The van der Waals surface area contributed by atoms with Crippen LogP contribution in [0.5, 0.6) is 0 Å². The van der Waals surface area contributed by atoms with E-state index < -0.39 is 12.1 Å². The van der Waals surface area contributed by atoms with Crippen molar-refractivity contribution in [3.8, 4) is 6.01 Å². The summed E-state index contributed by atoms with van der Waals surface area (Å²) < 4.78 is 22.4. The first-order valence-corrected chi connectivity index (χ1v) is 11.6. The molecule has 2 aliphatic rings. The third-order valence-electron chi connectivity index (χ3n) is 6.79. The number of anilines is 2. The summed E-state index contributed by atoms with van der Waals surface area (Å²) in [7, 11) is 0. The molecule has 0 bridgehead atoms. The minimum atomic E-state index is -0.559. The molecule has 6 rings (SSSR count). The summed E-state index contributed by atoms with van der Waals surface area (Å²) in [4.78, 5) is 26.8. The number of oxazole rings is 1. The van der Waals surface area contributed by atoms with Crippen molar-refractivity contribution in [2.45, 2.75) is 51.1 Å². The highest BCUT2D eigenvalue weighted by Crippen LogP contribution is 2.48. The Morgan fingerprint density at radius 1 is 1.26 bits per heavy atom. The number of halogens is 1. The molecule has 34 heavy (non-hydrogen) atoms. The van der Waals surface area contributed by atoms with Gasteiger partial charge in [-0.15, -0.1) is 0 Å². The largest absolute Gasteiger partial charge is 0.430 e. The molecule has 0 atom stereocenters. The second-order valence-corrected chi connectivity index (χ2v) is 9.45. The smallest absolute Gasteiger partial charge is 0.323 e. The van der Waals surface area contributed by atoms with Crippen LogP contribution in [-0.2, 0) is 18.4 Å². The number of hydrogen-bond acceptors (Lipinski definition) is 7. The number of benzene rings is 1. The summed E-state index contributed by atoms with van der Waals surface area (Å²) in [5.41, 5.74) is 3.62. The first-order chi connectivity index (χ1) is 16.5. The van der Waals surface area contributed by atoms with Crippen LogP contribution in [0, 0.1) is 0 Å². The van der Waals surface area contributed by atoms with Crippen molar-refractivity contribution >= 4 is 22.7 Å². The third kappa shape index (κ3) is 3.32. The number of fused-ring (bicyclic) bond motifs is 2. The second-order valence-electron chi connectivity index (χ2n) is 9.45. The van der Waals surface area contributed by atoms with Crippen molar-refractivity contribution in [2.75, 3.05) is 18.5 Å². The molecule has 0 unspecified atom stereocenters. The second kappa shape index (κ2) is 7.76. The topological polar surface area (TPSA) is 103 Å². The lowest BCUT2D eigenvalue weighted by atomic mass is 10.0. The molecule has 3 aromatic heterocycles. The fourth-order valence-electron chi connectivity index (χ4n) is 4.61. The molecule has 1 aromatic carbocycles. The van der Waals surface area contributed by atoms with E-state index in [1.165, 1.54) is 23.6 Å². The molecule has 4 heterocycles. The third-order valence-corrected chi connectivity index (χ3v) is 6.79. The van der Waals surface area contributed by atoms with Crippen LogP contribution in [0.1, 0.15) is 49.6 Å². The number of rotatable bonds is 6. The van der Waals surface area contributed by atoms with Crippen LogP contribution < -0.4 is 16.2 Å². The summed E-state index contributed by atoms with van der Waals surface area (Å²) >= 11 is 0. The standard InChI is InChI=1S/C24H26FN7O2/c1-14(2)31-21(33)18-11-27-22(28-17-4-3-15-5-8-26-10-16(15)9-17)30-20(18)32(31)23-29-19(12-34-23)24(13-25)6-7-24/h3-4,9,11-12,14,26H,5-8,10,13H2,1-2H3,(H,27,28,30). The van der Waals surface area contributed by atoms with Crippen LogP contribution in [0.15, 0.2) is 39.9 Å². The molecule has 0 saturated heterocycles. The molecule has 1 fully saturated rings. The number of alkyl halides is 1. The Kier molecular flexibility index (Phi) is 4.80. The van der Waals surface area contributed by atoms with Crippen molar-refractivity contribution in [2.24, 2.45) is 0 Å². The highest BCUT2D eigenvalue weighted by Gasteiger charge is 2.47. The summed E-state index contributed by atoms with van der Waals surface area (Å²) in [6, 6.07) is 6.23. The zero-order valence-electron chi connectivity index (χ0n) is 19.1. The summed E-state index contributed by atoms with van der Waals surface area (Å²) in [6.07, 6.45) is 5.51. The number of nitrogens with zero attached hydrogens (tertiary/aromatic N) is 5. The highest BCUT2D eigenvalue weighted by molar-refractivity contribution is 5.76. The van der Waals surface area contributed by atoms with E-state index >= 15 is 0 Å². The zero-order valence-corrected chi connectivity index (χ0v) is 19.1. The van der Waals surface area contributed by atoms with Gasteiger partial charge in [-0.3, -0.25) is 9.18 Å². The fourth-order valence-corrected chi connectivity index (χ4v) is 4.61. The molecule has 0 radical (unpaired) electrons. The van der Waals surface area contributed by atoms with Gasteiger partial charge < -0.3 is 15.1 Å². The van der Waals surface area contributed by atoms with E-state index in [2.05, 4.69) is 37.7 Å². The van der Waals surface area contributed by atoms with Crippen molar-refractivity contribution in [1.82, 2.24) is 29.6 Å². The van der Waals surface area contributed by atoms with Crippen molar-refractivity contribution < 1.29 is 8.81 Å². The average Bonchev–Trinajstić information content (AvgIpc) is 3.39. The minimum absolute atomic E-state index is 0.183. The predicted octanol–water partition coefficient (Wildman–Crippen LogP) is 3.54. The number of nitrogens with one attached hydrogen (secondary N) is 2. The van der Waals surface area contributed by atoms with Crippen LogP contribution >= 0.6 is 0 Å². The lowest BCUT2D eigenvalue weighted by molar-refractivity contribution is 0.410. The predicted molar refractivity (Wildman–Crippen MR) is 126 cm³/mol. The van der Waals surface area contributed by atoms with Gasteiger partial charge in [0.1, 0.15) is 18.3 Å². The van der Waals surface area contributed by atoms with Crippen LogP contribution in [0.25, 0.3) is 17.0 Å². The molecular formula is C24H26FN7O2. The van der Waals surface area contributed by atoms with Gasteiger partial charge in [-0.25, -0.2) is 9.67 Å². The van der Waals surface area contributed by atoms with Gasteiger partial charge in [0.05, 0.1) is 5.69 Å². The SMILES string of the molecule is CC(C)n1c(=O)c2cnc(Nc3ccc4c(c3)CNCC4)nc2n1-c1nc(C2(CF)CC2)co1. The Hall–Kier alpha value is -3.53. The van der Waals surface area contributed by atoms with Crippen molar-refractivity contribution in [1.29, 1.82) is 0 Å². The summed E-state index contributed by atoms with van der Waals surface area (Å²) in [5.74, 6) is 0.361. The first kappa shape index (κ1) is 21.0. The minimum Gasteiger partial charge on any atom is -0.430 e. The van der Waals surface area contributed by atoms with E-state index in [-0.39, 0.29) is 17.6 Å². The van der Waals surface area contributed by atoms with Gasteiger partial charge in [0.25, 0.3) is 5.56 Å². The van der Waals surface area contributed by atoms with Gasteiger partial charge in [0, 0.05) is 29.9 Å². The number of aromatic nitrogens is 5. The molecule has 9 nitrogen and oxygen atoms in total. The van der Waals surface area contributed by atoms with Crippen molar-refractivity contribution in [3.05, 3.63) is 57.8 Å². The van der Waals surface area contributed by atoms with E-state index in [1.807, 2.05) is 19.9 Å². The Balaban J connectivity index is 1.43.